The van der Waals surface area contributed by atoms with Crippen LogP contribution in [0.3, 0.4) is 0 Å². The van der Waals surface area contributed by atoms with Gasteiger partial charge in [0.1, 0.15) is 30.7 Å². The Morgan fingerprint density at radius 1 is 1.36 bits per heavy atom. The smallest absolute Gasteiger partial charge is 0.351 e. The maximum Gasteiger partial charge on any atom is 0.351 e. The molecule has 0 spiro atoms. The van der Waals surface area contributed by atoms with Gasteiger partial charge >= 0.3 is 11.7 Å². The number of rotatable bonds is 7. The zero-order chi connectivity index (χ0) is 20.1. The molecule has 148 valence electrons. The molecule has 1 aliphatic rings. The number of anilines is 1. The molecule has 9 heteroatoms. The number of carbonyl (C=O) groups is 1. The van der Waals surface area contributed by atoms with Gasteiger partial charge in [-0.3, -0.25) is 4.57 Å². The average Bonchev–Trinajstić information content (AvgIpc) is 3.00. The molecule has 0 amide bonds. The molecule has 1 fully saturated rings. The highest BCUT2D eigenvalue weighted by Gasteiger charge is 2.46. The molecule has 3 N–H and O–H groups in total. The Hall–Kier alpha value is -3.01. The number of nitrogens with two attached hydrogens (primary N) is 1. The Balaban J connectivity index is 1.75. The fourth-order valence-corrected chi connectivity index (χ4v) is 2.87. The lowest BCUT2D eigenvalue weighted by atomic mass is 10.1. The van der Waals surface area contributed by atoms with Crippen molar-refractivity contribution in [3.8, 4) is 0 Å². The number of carbonyl (C=O) groups excluding carboxylic acids is 1. The lowest BCUT2D eigenvalue weighted by Gasteiger charge is -2.21. The average molecular weight is 387 g/mol. The van der Waals surface area contributed by atoms with Gasteiger partial charge in [-0.05, 0) is 18.2 Å². The van der Waals surface area contributed by atoms with Crippen LogP contribution in [0.4, 0.5) is 5.82 Å². The Labute approximate surface area is 161 Å². The molecule has 2 aromatic rings. The SMILES string of the molecule is C=CCO[C@@H]1[C@H](O)[C@@H](COC(=O)c2ccccc2)O[C@H]1n1ccc(N)nc1=O. The number of benzene rings is 1. The molecule has 1 saturated heterocycles. The van der Waals surface area contributed by atoms with Crippen molar-refractivity contribution in [2.45, 2.75) is 24.5 Å². The second-order valence-corrected chi connectivity index (χ2v) is 6.15. The van der Waals surface area contributed by atoms with Crippen LogP contribution in [-0.4, -0.2) is 52.2 Å². The van der Waals surface area contributed by atoms with Crippen LogP contribution in [0, 0.1) is 0 Å². The molecule has 0 aliphatic carbocycles. The largest absolute Gasteiger partial charge is 0.459 e. The monoisotopic (exact) mass is 387 g/mol. The van der Waals surface area contributed by atoms with E-state index in [0.29, 0.717) is 5.56 Å². The predicted molar refractivity (Wildman–Crippen MR) is 99.5 cm³/mol. The summed E-state index contributed by atoms with van der Waals surface area (Å²) in [6.45, 7) is 3.49. The van der Waals surface area contributed by atoms with Crippen molar-refractivity contribution < 1.29 is 24.1 Å². The van der Waals surface area contributed by atoms with Crippen molar-refractivity contribution in [2.75, 3.05) is 18.9 Å². The number of hydrogen-bond donors (Lipinski definition) is 2. The molecule has 9 nitrogen and oxygen atoms in total. The third-order valence-electron chi connectivity index (χ3n) is 4.23. The van der Waals surface area contributed by atoms with Gasteiger partial charge in [0.15, 0.2) is 6.23 Å². The Kier molecular flexibility index (Phi) is 6.19. The standard InChI is InChI=1S/C19H21N3O6/c1-2-10-26-16-15(23)13(11-27-18(24)12-6-4-3-5-7-12)28-17(16)22-9-8-14(20)21-19(22)25/h2-9,13,15-17,23H,1,10-11H2,(H2,20,21,25)/t13-,15-,16-,17-/m1/s1. The van der Waals surface area contributed by atoms with Gasteiger partial charge in [-0.25, -0.2) is 9.59 Å². The zero-order valence-corrected chi connectivity index (χ0v) is 15.0. The second-order valence-electron chi connectivity index (χ2n) is 6.15. The van der Waals surface area contributed by atoms with Gasteiger partial charge in [-0.1, -0.05) is 24.3 Å². The fraction of sp³-hybridized carbons (Fsp3) is 0.316. The predicted octanol–water partition coefficient (Wildman–Crippen LogP) is 0.512. The molecule has 2 heterocycles. The Bertz CT molecular complexity index is 885. The lowest BCUT2D eigenvalue weighted by molar-refractivity contribution is -0.0705. The van der Waals surface area contributed by atoms with Crippen molar-refractivity contribution in [3.05, 3.63) is 71.3 Å². The van der Waals surface area contributed by atoms with E-state index < -0.39 is 36.2 Å². The number of nitrogens with zero attached hydrogens (tertiary/aromatic N) is 2. The summed E-state index contributed by atoms with van der Waals surface area (Å²) in [6.07, 6.45) is -0.964. The number of aliphatic hydroxyl groups excluding tert-OH is 1. The maximum atomic E-state index is 12.2. The summed E-state index contributed by atoms with van der Waals surface area (Å²) in [5.74, 6) is -0.480. The third-order valence-corrected chi connectivity index (χ3v) is 4.23. The second kappa shape index (κ2) is 8.79. The first-order valence-corrected chi connectivity index (χ1v) is 8.64. The lowest BCUT2D eigenvalue weighted by Crippen LogP contribution is -2.38. The third kappa shape index (κ3) is 4.28. The van der Waals surface area contributed by atoms with Gasteiger partial charge in [-0.2, -0.15) is 4.98 Å². The van der Waals surface area contributed by atoms with E-state index in [1.165, 1.54) is 22.9 Å². The van der Waals surface area contributed by atoms with E-state index >= 15 is 0 Å². The highest BCUT2D eigenvalue weighted by atomic mass is 16.6. The van der Waals surface area contributed by atoms with Crippen LogP contribution in [0.25, 0.3) is 0 Å². The van der Waals surface area contributed by atoms with Crippen LogP contribution in [0.1, 0.15) is 16.6 Å². The molecule has 4 atom stereocenters. The zero-order valence-electron chi connectivity index (χ0n) is 15.0. The van der Waals surface area contributed by atoms with E-state index in [0.717, 1.165) is 0 Å². The van der Waals surface area contributed by atoms with Gasteiger partial charge in [0, 0.05) is 6.20 Å². The van der Waals surface area contributed by atoms with Crippen molar-refractivity contribution >= 4 is 11.8 Å². The Morgan fingerprint density at radius 2 is 2.11 bits per heavy atom. The quantitative estimate of drug-likeness (QED) is 0.520. The van der Waals surface area contributed by atoms with Crippen molar-refractivity contribution in [1.82, 2.24) is 9.55 Å². The van der Waals surface area contributed by atoms with Crippen LogP contribution in [0.2, 0.25) is 0 Å². The number of ether oxygens (including phenoxy) is 3. The van der Waals surface area contributed by atoms with Gasteiger partial charge in [0.2, 0.25) is 0 Å². The van der Waals surface area contributed by atoms with Gasteiger partial charge < -0.3 is 25.1 Å². The van der Waals surface area contributed by atoms with Crippen molar-refractivity contribution in [1.29, 1.82) is 0 Å². The van der Waals surface area contributed by atoms with Crippen LogP contribution in [0.15, 0.2) is 60.0 Å². The molecule has 0 saturated carbocycles. The Morgan fingerprint density at radius 3 is 2.79 bits per heavy atom. The minimum atomic E-state index is -1.14. The molecule has 0 radical (unpaired) electrons. The highest BCUT2D eigenvalue weighted by Crippen LogP contribution is 2.31. The summed E-state index contributed by atoms with van der Waals surface area (Å²) in [4.78, 5) is 27.9. The first-order valence-electron chi connectivity index (χ1n) is 8.64. The molecule has 0 unspecified atom stereocenters. The van der Waals surface area contributed by atoms with Crippen molar-refractivity contribution in [2.24, 2.45) is 0 Å². The van der Waals surface area contributed by atoms with E-state index in [-0.39, 0.29) is 19.0 Å². The van der Waals surface area contributed by atoms with Crippen LogP contribution in [-0.2, 0) is 14.2 Å². The van der Waals surface area contributed by atoms with Gasteiger partial charge in [-0.15, -0.1) is 6.58 Å². The topological polar surface area (TPSA) is 126 Å². The summed E-state index contributed by atoms with van der Waals surface area (Å²) >= 11 is 0. The van der Waals surface area contributed by atoms with Crippen molar-refractivity contribution in [3.63, 3.8) is 0 Å². The van der Waals surface area contributed by atoms with E-state index in [2.05, 4.69) is 11.6 Å². The molecule has 1 aromatic carbocycles. The normalized spacial score (nSPS) is 24.0. The van der Waals surface area contributed by atoms with Gasteiger partial charge in [0.25, 0.3) is 0 Å². The first-order chi connectivity index (χ1) is 13.5. The summed E-state index contributed by atoms with van der Waals surface area (Å²) < 4.78 is 17.8. The summed E-state index contributed by atoms with van der Waals surface area (Å²) in [7, 11) is 0. The fourth-order valence-electron chi connectivity index (χ4n) is 2.87. The number of esters is 1. The van der Waals surface area contributed by atoms with Crippen LogP contribution < -0.4 is 11.4 Å². The van der Waals surface area contributed by atoms with Crippen LogP contribution in [0.5, 0.6) is 0 Å². The molecule has 28 heavy (non-hydrogen) atoms. The van der Waals surface area contributed by atoms with E-state index in [4.69, 9.17) is 19.9 Å². The summed E-state index contributed by atoms with van der Waals surface area (Å²) in [5.41, 5.74) is 5.25. The first kappa shape index (κ1) is 19.7. The van der Waals surface area contributed by atoms with Crippen LogP contribution >= 0.6 is 0 Å². The minimum Gasteiger partial charge on any atom is -0.459 e. The molecule has 3 rings (SSSR count). The van der Waals surface area contributed by atoms with E-state index in [1.54, 1.807) is 30.3 Å². The molecular weight excluding hydrogens is 366 g/mol. The summed E-state index contributed by atoms with van der Waals surface area (Å²) in [6, 6.07) is 9.88. The molecule has 1 aromatic heterocycles. The molecular formula is C19H21N3O6. The number of hydrogen-bond acceptors (Lipinski definition) is 8. The van der Waals surface area contributed by atoms with E-state index in [9.17, 15) is 14.7 Å². The van der Waals surface area contributed by atoms with E-state index in [1.807, 2.05) is 0 Å². The number of nitrogen functional groups attached to an aromatic ring is 1. The van der Waals surface area contributed by atoms with Gasteiger partial charge in [0.05, 0.1) is 12.2 Å². The number of aromatic nitrogens is 2. The molecule has 0 bridgehead atoms. The maximum absolute atomic E-state index is 12.2. The number of aliphatic hydroxyl groups is 1. The minimum absolute atomic E-state index is 0.0664. The molecule has 1 aliphatic heterocycles. The summed E-state index contributed by atoms with van der Waals surface area (Å²) in [5, 5.41) is 10.6. The highest BCUT2D eigenvalue weighted by molar-refractivity contribution is 5.89.